The van der Waals surface area contributed by atoms with Gasteiger partial charge >= 0.3 is 0 Å². The molecule has 0 spiro atoms. The van der Waals surface area contributed by atoms with Gasteiger partial charge in [0.15, 0.2) is 0 Å². The second-order valence-electron chi connectivity index (χ2n) is 5.01. The molecule has 1 heterocycles. The summed E-state index contributed by atoms with van der Waals surface area (Å²) < 4.78 is 0. The fourth-order valence-electron chi connectivity index (χ4n) is 2.07. The number of nitrogens with one attached hydrogen (secondary N) is 1. The topological polar surface area (TPSA) is 68.0 Å². The minimum absolute atomic E-state index is 0.000727. The molecule has 0 aliphatic carbocycles. The van der Waals surface area contributed by atoms with Crippen LogP contribution in [0.15, 0.2) is 5.38 Å². The third-order valence-electron chi connectivity index (χ3n) is 3.32. The number of carbonyl (C=O) groups excluding carboxylic acids is 1. The lowest BCUT2D eigenvalue weighted by molar-refractivity contribution is -0.122. The van der Waals surface area contributed by atoms with Crippen LogP contribution >= 0.6 is 11.3 Å². The molecule has 0 saturated heterocycles. The molecular formula is C14H25N3OS. The molecule has 3 N–H and O–H groups in total. The second kappa shape index (κ2) is 8.27. The Bertz CT molecular complexity index is 392. The van der Waals surface area contributed by atoms with Crippen LogP contribution in [0.1, 0.15) is 56.3 Å². The Morgan fingerprint density at radius 3 is 2.79 bits per heavy atom. The van der Waals surface area contributed by atoms with Crippen molar-refractivity contribution in [3.63, 3.8) is 0 Å². The van der Waals surface area contributed by atoms with Crippen molar-refractivity contribution in [1.29, 1.82) is 0 Å². The Hall–Kier alpha value is -0.940. The van der Waals surface area contributed by atoms with E-state index in [4.69, 9.17) is 5.73 Å². The number of aromatic nitrogens is 1. The fourth-order valence-corrected chi connectivity index (χ4v) is 2.87. The highest BCUT2D eigenvalue weighted by atomic mass is 32.1. The van der Waals surface area contributed by atoms with Gasteiger partial charge in [0.2, 0.25) is 5.91 Å². The van der Waals surface area contributed by atoms with Crippen molar-refractivity contribution in [1.82, 2.24) is 10.3 Å². The quantitative estimate of drug-likeness (QED) is 0.771. The van der Waals surface area contributed by atoms with Gasteiger partial charge < -0.3 is 11.1 Å². The maximum absolute atomic E-state index is 11.9. The number of hydrogen-bond acceptors (Lipinski definition) is 4. The number of nitrogens with two attached hydrogens (primary N) is 1. The smallest absolute Gasteiger partial charge is 0.220 e. The molecule has 0 bridgehead atoms. The van der Waals surface area contributed by atoms with E-state index in [2.05, 4.69) is 17.2 Å². The number of aryl methyl sites for hydroxylation is 1. The first kappa shape index (κ1) is 16.1. The van der Waals surface area contributed by atoms with E-state index in [0.29, 0.717) is 18.9 Å². The molecule has 0 fully saturated rings. The maximum Gasteiger partial charge on any atom is 0.220 e. The SMILES string of the molecule is CCC(CCN)CCC(=O)NC(C)c1nc(C)cs1. The van der Waals surface area contributed by atoms with E-state index >= 15 is 0 Å². The maximum atomic E-state index is 11.9. The summed E-state index contributed by atoms with van der Waals surface area (Å²) in [5.41, 5.74) is 6.57. The number of amides is 1. The first-order chi connectivity index (χ1) is 9.06. The largest absolute Gasteiger partial charge is 0.347 e. The molecule has 108 valence electrons. The minimum Gasteiger partial charge on any atom is -0.347 e. The van der Waals surface area contributed by atoms with Gasteiger partial charge in [0.05, 0.1) is 6.04 Å². The molecule has 1 aromatic rings. The van der Waals surface area contributed by atoms with E-state index in [9.17, 15) is 4.79 Å². The third-order valence-corrected chi connectivity index (χ3v) is 4.46. The van der Waals surface area contributed by atoms with Crippen LogP contribution in [0.4, 0.5) is 0 Å². The monoisotopic (exact) mass is 283 g/mol. The zero-order valence-electron chi connectivity index (χ0n) is 12.1. The number of thiazole rings is 1. The number of carbonyl (C=O) groups is 1. The molecular weight excluding hydrogens is 258 g/mol. The van der Waals surface area contributed by atoms with Gasteiger partial charge in [-0.15, -0.1) is 11.3 Å². The molecule has 1 rings (SSSR count). The molecule has 4 nitrogen and oxygen atoms in total. The average Bonchev–Trinajstić information content (AvgIpc) is 2.81. The van der Waals surface area contributed by atoms with E-state index in [0.717, 1.165) is 30.0 Å². The highest BCUT2D eigenvalue weighted by molar-refractivity contribution is 7.09. The molecule has 0 radical (unpaired) electrons. The van der Waals surface area contributed by atoms with Crippen molar-refractivity contribution in [3.05, 3.63) is 16.1 Å². The molecule has 2 unspecified atom stereocenters. The second-order valence-corrected chi connectivity index (χ2v) is 5.90. The molecule has 1 aromatic heterocycles. The highest BCUT2D eigenvalue weighted by Gasteiger charge is 2.14. The van der Waals surface area contributed by atoms with Crippen LogP contribution in [0.5, 0.6) is 0 Å². The van der Waals surface area contributed by atoms with Gasteiger partial charge in [-0.25, -0.2) is 4.98 Å². The van der Waals surface area contributed by atoms with Gasteiger partial charge in [-0.2, -0.15) is 0 Å². The summed E-state index contributed by atoms with van der Waals surface area (Å²) in [5.74, 6) is 0.670. The summed E-state index contributed by atoms with van der Waals surface area (Å²) in [6.45, 7) is 6.80. The average molecular weight is 283 g/mol. The summed E-state index contributed by atoms with van der Waals surface area (Å²) in [5, 5.41) is 5.99. The Morgan fingerprint density at radius 2 is 2.26 bits per heavy atom. The van der Waals surface area contributed by atoms with Crippen LogP contribution in [-0.4, -0.2) is 17.4 Å². The van der Waals surface area contributed by atoms with Gasteiger partial charge in [-0.1, -0.05) is 13.3 Å². The zero-order valence-corrected chi connectivity index (χ0v) is 12.9. The third kappa shape index (κ3) is 5.70. The number of hydrogen-bond donors (Lipinski definition) is 2. The number of rotatable bonds is 8. The van der Waals surface area contributed by atoms with Crippen molar-refractivity contribution in [2.45, 2.75) is 52.5 Å². The Kier molecular flexibility index (Phi) is 7.02. The normalized spacial score (nSPS) is 14.1. The summed E-state index contributed by atoms with van der Waals surface area (Å²) in [6.07, 6.45) is 3.59. The zero-order chi connectivity index (χ0) is 14.3. The summed E-state index contributed by atoms with van der Waals surface area (Å²) in [6, 6.07) is 0.000727. The molecule has 0 aliphatic heterocycles. The van der Waals surface area contributed by atoms with Crippen molar-refractivity contribution in [2.24, 2.45) is 11.7 Å². The first-order valence-corrected chi connectivity index (χ1v) is 7.86. The lowest BCUT2D eigenvalue weighted by Crippen LogP contribution is -2.27. The van der Waals surface area contributed by atoms with Gasteiger partial charge in [0, 0.05) is 17.5 Å². The fraction of sp³-hybridized carbons (Fsp3) is 0.714. The van der Waals surface area contributed by atoms with Gasteiger partial charge in [0.1, 0.15) is 5.01 Å². The van der Waals surface area contributed by atoms with Crippen LogP contribution in [0.25, 0.3) is 0 Å². The van der Waals surface area contributed by atoms with Crippen LogP contribution in [0, 0.1) is 12.8 Å². The highest BCUT2D eigenvalue weighted by Crippen LogP contribution is 2.18. The summed E-state index contributed by atoms with van der Waals surface area (Å²) in [4.78, 5) is 16.3. The van der Waals surface area contributed by atoms with Gasteiger partial charge in [0.25, 0.3) is 0 Å². The Labute approximate surface area is 119 Å². The lowest BCUT2D eigenvalue weighted by atomic mass is 9.96. The van der Waals surface area contributed by atoms with Crippen molar-refractivity contribution in [3.8, 4) is 0 Å². The number of nitrogens with zero attached hydrogens (tertiary/aromatic N) is 1. The summed E-state index contributed by atoms with van der Waals surface area (Å²) in [7, 11) is 0. The minimum atomic E-state index is 0.000727. The molecule has 19 heavy (non-hydrogen) atoms. The van der Waals surface area contributed by atoms with E-state index < -0.39 is 0 Å². The van der Waals surface area contributed by atoms with Crippen LogP contribution in [-0.2, 0) is 4.79 Å². The van der Waals surface area contributed by atoms with Crippen LogP contribution < -0.4 is 11.1 Å². The molecule has 1 amide bonds. The van der Waals surface area contributed by atoms with E-state index in [1.165, 1.54) is 0 Å². The lowest BCUT2D eigenvalue weighted by Gasteiger charge is -2.15. The van der Waals surface area contributed by atoms with Gasteiger partial charge in [-0.3, -0.25) is 4.79 Å². The van der Waals surface area contributed by atoms with Crippen LogP contribution in [0.2, 0.25) is 0 Å². The van der Waals surface area contributed by atoms with Crippen LogP contribution in [0.3, 0.4) is 0 Å². The van der Waals surface area contributed by atoms with Crippen molar-refractivity contribution < 1.29 is 4.79 Å². The predicted molar refractivity (Wildman–Crippen MR) is 80.1 cm³/mol. The van der Waals surface area contributed by atoms with Crippen molar-refractivity contribution >= 4 is 17.2 Å². The molecule has 5 heteroatoms. The molecule has 2 atom stereocenters. The first-order valence-electron chi connectivity index (χ1n) is 6.98. The van der Waals surface area contributed by atoms with Gasteiger partial charge in [-0.05, 0) is 39.2 Å². The van der Waals surface area contributed by atoms with E-state index in [-0.39, 0.29) is 11.9 Å². The van der Waals surface area contributed by atoms with E-state index in [1.54, 1.807) is 11.3 Å². The molecule has 0 saturated carbocycles. The molecule has 0 aliphatic rings. The Morgan fingerprint density at radius 1 is 1.53 bits per heavy atom. The standard InChI is InChI=1S/C14H25N3OS/c1-4-12(7-8-15)5-6-13(18)17-11(3)14-16-10(2)9-19-14/h9,11-12H,4-8,15H2,1-3H3,(H,17,18). The predicted octanol–water partition coefficient (Wildman–Crippen LogP) is 2.78. The van der Waals surface area contributed by atoms with E-state index in [1.807, 2.05) is 19.2 Å². The van der Waals surface area contributed by atoms with Crippen molar-refractivity contribution in [2.75, 3.05) is 6.54 Å². The molecule has 0 aromatic carbocycles. The summed E-state index contributed by atoms with van der Waals surface area (Å²) >= 11 is 1.59. The Balaban J connectivity index is 2.34.